The molecule has 4 heterocycles. The zero-order valence-corrected chi connectivity index (χ0v) is 33.5. The number of alkyl halides is 6. The number of carbonyl (C=O) groups excluding carboxylic acids is 1. The number of carbonyl (C=O) groups is 1. The van der Waals surface area contributed by atoms with Crippen molar-refractivity contribution >= 4 is 52.0 Å². The third-order valence-corrected chi connectivity index (χ3v) is 7.53. The molecule has 0 aliphatic rings. The molecule has 0 aliphatic heterocycles. The number of rotatable bonds is 10. The molecule has 12 nitrogen and oxygen atoms in total. The molecule has 4 aromatic heterocycles. The van der Waals surface area contributed by atoms with E-state index in [1.807, 2.05) is 0 Å². The molecule has 0 fully saturated rings. The monoisotopic (exact) mass is 898 g/mol. The summed E-state index contributed by atoms with van der Waals surface area (Å²) in [6.45, 7) is 0.637. The molecule has 0 spiro atoms. The summed E-state index contributed by atoms with van der Waals surface area (Å²) in [5.41, 5.74) is -5.04. The molecule has 1 N–H and O–H groups in total. The minimum Gasteiger partial charge on any atom is -1.00 e. The van der Waals surface area contributed by atoms with Gasteiger partial charge in [0.2, 0.25) is 11.8 Å². The second-order valence-electron chi connectivity index (χ2n) is 11.1. The summed E-state index contributed by atoms with van der Waals surface area (Å²) in [5, 5.41) is 19.1. The van der Waals surface area contributed by atoms with E-state index >= 15 is 0 Å². The van der Waals surface area contributed by atoms with Crippen molar-refractivity contribution in [2.24, 2.45) is 0 Å². The van der Waals surface area contributed by atoms with Crippen molar-refractivity contribution in [1.29, 1.82) is 0 Å². The molecule has 0 radical (unpaired) electrons. The first kappa shape index (κ1) is 47.8. The Morgan fingerprint density at radius 1 is 0.732 bits per heavy atom. The number of Topliss-reactive ketones (excluding diaryl/α,β-unsaturated/α-hetero) is 1. The van der Waals surface area contributed by atoms with Crippen molar-refractivity contribution < 1.29 is 62.7 Å². The van der Waals surface area contributed by atoms with Gasteiger partial charge in [-0.3, -0.25) is 4.79 Å². The molecule has 0 bridgehead atoms. The largest absolute Gasteiger partial charge is 2.00 e. The first-order chi connectivity index (χ1) is 25.0. The standard InChI is InChI=1S/C17H14ClF3N4O2.C16H10ClF3N4O2.CH3.BrH.Mg/c1-16(26,8-25-10-22-9-24-25)14-7-23-15(6-13(14)17(19,20)21)27-12-4-2-11(18)3-5-12;17-10-1-3-11(4-2-10)26-15-5-13(16(18,19)20)12(6-22-15)14(25)7-24-9-21-8-23-24;;;/h2-7,9-10,26H,8H2,1H3;1-6,8-9H,7H2;1H3;1H;/q;;-1;;+2/p-1. The first-order valence-electron chi connectivity index (χ1n) is 14.9. The van der Waals surface area contributed by atoms with E-state index in [1.165, 1.54) is 73.3 Å². The summed E-state index contributed by atoms with van der Waals surface area (Å²) in [7, 11) is 0. The number of benzene rings is 2. The zero-order valence-electron chi connectivity index (χ0n) is 29.0. The van der Waals surface area contributed by atoms with Crippen LogP contribution in [-0.4, -0.2) is 73.4 Å². The summed E-state index contributed by atoms with van der Waals surface area (Å²) in [4.78, 5) is 27.3. The van der Waals surface area contributed by atoms with E-state index in [-0.39, 0.29) is 83.8 Å². The maximum absolute atomic E-state index is 13.6. The van der Waals surface area contributed by atoms with Gasteiger partial charge in [-0.2, -0.15) is 36.5 Å². The Morgan fingerprint density at radius 3 is 1.62 bits per heavy atom. The van der Waals surface area contributed by atoms with Gasteiger partial charge >= 0.3 is 35.4 Å². The van der Waals surface area contributed by atoms with Crippen LogP contribution in [0.25, 0.3) is 0 Å². The molecule has 0 amide bonds. The number of aromatic nitrogens is 8. The van der Waals surface area contributed by atoms with Crippen LogP contribution in [0.2, 0.25) is 10.0 Å². The number of ketones is 1. The molecular weight excluding hydrogens is 874 g/mol. The van der Waals surface area contributed by atoms with Crippen LogP contribution in [0, 0.1) is 7.43 Å². The summed E-state index contributed by atoms with van der Waals surface area (Å²) in [6, 6.07) is 13.6. The SMILES string of the molecule is CC(O)(Cn1cncn1)c1cnc(Oc2ccc(Cl)cc2)cc1C(F)(F)F.O=C(Cn1cncn1)c1cnc(Oc2ccc(Cl)cc2)cc1C(F)(F)F.[Br-].[CH3-].[Mg+2]. The Balaban J connectivity index is 0.000000367. The summed E-state index contributed by atoms with van der Waals surface area (Å²) < 4.78 is 93.9. The van der Waals surface area contributed by atoms with Gasteiger partial charge in [0.1, 0.15) is 49.0 Å². The first-order valence-corrected chi connectivity index (χ1v) is 15.7. The molecule has 0 saturated carbocycles. The van der Waals surface area contributed by atoms with Gasteiger partial charge in [-0.25, -0.2) is 29.3 Å². The van der Waals surface area contributed by atoms with Crippen LogP contribution in [0.1, 0.15) is 34.0 Å². The number of hydrogen-bond acceptors (Lipinski definition) is 10. The van der Waals surface area contributed by atoms with Crippen molar-refractivity contribution in [3.63, 3.8) is 0 Å². The second-order valence-corrected chi connectivity index (χ2v) is 12.0. The van der Waals surface area contributed by atoms with Gasteiger partial charge in [-0.1, -0.05) is 23.2 Å². The number of halogens is 9. The van der Waals surface area contributed by atoms with E-state index in [0.29, 0.717) is 16.1 Å². The smallest absolute Gasteiger partial charge is 1.00 e. The average molecular weight is 901 g/mol. The molecule has 6 aromatic rings. The Hall–Kier alpha value is -4.34. The van der Waals surface area contributed by atoms with Gasteiger partial charge in [0.05, 0.1) is 23.2 Å². The van der Waals surface area contributed by atoms with E-state index in [1.54, 1.807) is 12.1 Å². The molecule has 292 valence electrons. The van der Waals surface area contributed by atoms with Crippen LogP contribution in [0.15, 0.2) is 98.4 Å². The molecule has 0 saturated heterocycles. The number of nitrogens with zero attached hydrogens (tertiary/aromatic N) is 8. The third kappa shape index (κ3) is 13.1. The molecule has 6 rings (SSSR count). The van der Waals surface area contributed by atoms with Crippen LogP contribution in [0.4, 0.5) is 26.3 Å². The van der Waals surface area contributed by atoms with Gasteiger partial charge in [0.15, 0.2) is 5.78 Å². The predicted octanol–water partition coefficient (Wildman–Crippen LogP) is 5.14. The Bertz CT molecular complexity index is 2150. The van der Waals surface area contributed by atoms with Crippen molar-refractivity contribution in [2.75, 3.05) is 0 Å². The van der Waals surface area contributed by atoms with Crippen LogP contribution >= 0.6 is 23.2 Å². The van der Waals surface area contributed by atoms with Crippen LogP contribution < -0.4 is 26.5 Å². The van der Waals surface area contributed by atoms with Crippen LogP contribution in [0.3, 0.4) is 0 Å². The quantitative estimate of drug-likeness (QED) is 0.0851. The fraction of sp³-hybridized carbons (Fsp3) is 0.176. The maximum atomic E-state index is 13.6. The van der Waals surface area contributed by atoms with E-state index in [2.05, 4.69) is 30.1 Å². The fourth-order valence-corrected chi connectivity index (χ4v) is 4.86. The third-order valence-electron chi connectivity index (χ3n) is 7.03. The topological polar surface area (TPSA) is 143 Å². The number of aliphatic hydroxyl groups is 1. The number of ether oxygens (including phenoxy) is 2. The van der Waals surface area contributed by atoms with E-state index in [0.717, 1.165) is 23.1 Å². The molecule has 1 unspecified atom stereocenters. The maximum Gasteiger partial charge on any atom is 2.00 e. The summed E-state index contributed by atoms with van der Waals surface area (Å²) in [6.07, 6.45) is -2.75. The Morgan fingerprint density at radius 2 is 1.18 bits per heavy atom. The number of hydrogen-bond donors (Lipinski definition) is 1. The van der Waals surface area contributed by atoms with Gasteiger partial charge in [0, 0.05) is 40.1 Å². The van der Waals surface area contributed by atoms with Crippen molar-refractivity contribution in [1.82, 2.24) is 39.5 Å². The van der Waals surface area contributed by atoms with E-state index in [4.69, 9.17) is 32.7 Å². The second kappa shape index (κ2) is 20.2. The average Bonchev–Trinajstić information content (AvgIpc) is 3.81. The van der Waals surface area contributed by atoms with E-state index in [9.17, 15) is 36.2 Å². The summed E-state index contributed by atoms with van der Waals surface area (Å²) in [5.74, 6) is -0.811. The van der Waals surface area contributed by atoms with Gasteiger partial charge in [-0.05, 0) is 55.5 Å². The molecule has 22 heteroatoms. The van der Waals surface area contributed by atoms with Gasteiger partial charge < -0.3 is 39.0 Å². The van der Waals surface area contributed by atoms with Crippen molar-refractivity contribution in [3.05, 3.63) is 138 Å². The van der Waals surface area contributed by atoms with Gasteiger partial charge in [-0.15, -0.1) is 0 Å². The summed E-state index contributed by atoms with van der Waals surface area (Å²) >= 11 is 11.5. The fourth-order valence-electron chi connectivity index (χ4n) is 4.61. The Kier molecular flexibility index (Phi) is 17.2. The predicted molar refractivity (Wildman–Crippen MR) is 188 cm³/mol. The number of pyridine rings is 2. The molecule has 2 aromatic carbocycles. The minimum absolute atomic E-state index is 0. The van der Waals surface area contributed by atoms with Crippen LogP contribution in [-0.2, 0) is 31.0 Å². The molecular formula is C34H27BrCl2F6MgN8O4. The Labute approximate surface area is 351 Å². The van der Waals surface area contributed by atoms with E-state index < -0.39 is 46.0 Å². The molecule has 1 atom stereocenters. The van der Waals surface area contributed by atoms with Crippen molar-refractivity contribution in [2.45, 2.75) is 38.0 Å². The van der Waals surface area contributed by atoms with Crippen LogP contribution in [0.5, 0.6) is 23.3 Å². The van der Waals surface area contributed by atoms with Gasteiger partial charge in [0.25, 0.3) is 0 Å². The molecule has 56 heavy (non-hydrogen) atoms. The molecule has 0 aliphatic carbocycles. The minimum atomic E-state index is -4.76. The zero-order chi connectivity index (χ0) is 38.4. The van der Waals surface area contributed by atoms with Crippen molar-refractivity contribution in [3.8, 4) is 23.3 Å². The normalized spacial score (nSPS) is 12.0.